The van der Waals surface area contributed by atoms with E-state index in [2.05, 4.69) is 52.2 Å². The van der Waals surface area contributed by atoms with Crippen LogP contribution < -0.4 is 5.56 Å². The first-order valence-electron chi connectivity index (χ1n) is 10.4. The van der Waals surface area contributed by atoms with Crippen LogP contribution in [0.5, 0.6) is 0 Å². The summed E-state index contributed by atoms with van der Waals surface area (Å²) in [5.74, 6) is 1.51. The van der Waals surface area contributed by atoms with E-state index < -0.39 is 0 Å². The highest BCUT2D eigenvalue weighted by molar-refractivity contribution is 5.73. The lowest BCUT2D eigenvalue weighted by molar-refractivity contribution is 0.318. The number of aromatic amines is 1. The first-order valence-corrected chi connectivity index (χ1v) is 10.4. The molecule has 1 aliphatic heterocycles. The number of hydrogen-bond acceptors (Lipinski definition) is 4. The van der Waals surface area contributed by atoms with Crippen LogP contribution in [-0.2, 0) is 6.54 Å². The van der Waals surface area contributed by atoms with Gasteiger partial charge in [-0.25, -0.2) is 9.67 Å². The molecular weight excluding hydrogens is 350 g/mol. The summed E-state index contributed by atoms with van der Waals surface area (Å²) in [6, 6.07) is 11.0. The number of rotatable bonds is 4. The van der Waals surface area contributed by atoms with Gasteiger partial charge in [0.05, 0.1) is 12.2 Å². The highest BCUT2D eigenvalue weighted by Crippen LogP contribution is 2.33. The summed E-state index contributed by atoms with van der Waals surface area (Å²) in [6.07, 6.45) is 6.41. The van der Waals surface area contributed by atoms with Gasteiger partial charge in [-0.15, -0.1) is 0 Å². The van der Waals surface area contributed by atoms with Gasteiger partial charge in [-0.3, -0.25) is 9.69 Å². The topological polar surface area (TPSA) is 66.8 Å². The molecular formula is C22H27N5O. The zero-order valence-corrected chi connectivity index (χ0v) is 16.3. The number of nitrogens with zero attached hydrogens (tertiary/aromatic N) is 4. The number of hydrogen-bond donors (Lipinski definition) is 1. The molecule has 0 radical (unpaired) electrons. The van der Waals surface area contributed by atoms with E-state index in [0.717, 1.165) is 43.9 Å². The van der Waals surface area contributed by atoms with Crippen LogP contribution >= 0.6 is 0 Å². The van der Waals surface area contributed by atoms with Crippen LogP contribution in [0.2, 0.25) is 0 Å². The second-order valence-electron chi connectivity index (χ2n) is 8.48. The lowest BCUT2D eigenvalue weighted by Crippen LogP contribution is -2.21. The van der Waals surface area contributed by atoms with Gasteiger partial charge in [-0.1, -0.05) is 50.1 Å². The van der Waals surface area contributed by atoms with Gasteiger partial charge in [0.2, 0.25) is 0 Å². The van der Waals surface area contributed by atoms with E-state index in [0.29, 0.717) is 17.3 Å². The molecule has 5 rings (SSSR count). The number of H-pyrrole nitrogens is 1. The van der Waals surface area contributed by atoms with Crippen molar-refractivity contribution in [2.45, 2.75) is 51.1 Å². The summed E-state index contributed by atoms with van der Waals surface area (Å²) in [5.41, 5.74) is 2.03. The second-order valence-corrected chi connectivity index (χ2v) is 8.48. The zero-order chi connectivity index (χ0) is 19.1. The SMILES string of the molecule is C[C@H]1CN(Cc2ccccc2)C[C@@H]1c1nc2c(cnn2C2CCCC2)c(=O)[nH]1. The van der Waals surface area contributed by atoms with Crippen LogP contribution in [0.4, 0.5) is 0 Å². The normalized spacial score (nSPS) is 23.8. The Labute approximate surface area is 164 Å². The van der Waals surface area contributed by atoms with E-state index in [1.54, 1.807) is 6.20 Å². The van der Waals surface area contributed by atoms with Crippen molar-refractivity contribution in [3.8, 4) is 0 Å². The largest absolute Gasteiger partial charge is 0.310 e. The summed E-state index contributed by atoms with van der Waals surface area (Å²) in [7, 11) is 0. The summed E-state index contributed by atoms with van der Waals surface area (Å²) in [6.45, 7) is 5.13. The Balaban J connectivity index is 1.43. The Bertz CT molecular complexity index is 1020. The first kappa shape index (κ1) is 17.6. The Morgan fingerprint density at radius 1 is 1.14 bits per heavy atom. The molecule has 2 fully saturated rings. The molecule has 0 amide bonds. The maximum absolute atomic E-state index is 12.7. The zero-order valence-electron chi connectivity index (χ0n) is 16.3. The van der Waals surface area contributed by atoms with Gasteiger partial charge in [0, 0.05) is 25.6 Å². The third-order valence-electron chi connectivity index (χ3n) is 6.44. The van der Waals surface area contributed by atoms with E-state index in [1.165, 1.54) is 18.4 Å². The van der Waals surface area contributed by atoms with Crippen LogP contribution in [0, 0.1) is 5.92 Å². The predicted molar refractivity (Wildman–Crippen MR) is 109 cm³/mol. The quantitative estimate of drug-likeness (QED) is 0.756. The van der Waals surface area contributed by atoms with Crippen molar-refractivity contribution in [3.63, 3.8) is 0 Å². The van der Waals surface area contributed by atoms with Gasteiger partial charge in [0.1, 0.15) is 11.2 Å². The molecule has 1 aliphatic carbocycles. The molecule has 1 saturated heterocycles. The summed E-state index contributed by atoms with van der Waals surface area (Å²) < 4.78 is 2.00. The number of benzene rings is 1. The summed E-state index contributed by atoms with van der Waals surface area (Å²) >= 11 is 0. The van der Waals surface area contributed by atoms with Crippen molar-refractivity contribution in [1.29, 1.82) is 0 Å². The van der Waals surface area contributed by atoms with Crippen molar-refractivity contribution in [1.82, 2.24) is 24.6 Å². The predicted octanol–water partition coefficient (Wildman–Crippen LogP) is 3.47. The molecule has 0 bridgehead atoms. The molecule has 1 N–H and O–H groups in total. The van der Waals surface area contributed by atoms with Gasteiger partial charge in [-0.2, -0.15) is 5.10 Å². The fourth-order valence-electron chi connectivity index (χ4n) is 4.94. The van der Waals surface area contributed by atoms with Gasteiger partial charge < -0.3 is 4.98 Å². The van der Waals surface area contributed by atoms with Crippen molar-refractivity contribution in [2.75, 3.05) is 13.1 Å². The summed E-state index contributed by atoms with van der Waals surface area (Å²) in [5, 5.41) is 5.13. The third-order valence-corrected chi connectivity index (χ3v) is 6.44. The van der Waals surface area contributed by atoms with Crippen LogP contribution in [0.25, 0.3) is 11.0 Å². The highest BCUT2D eigenvalue weighted by atomic mass is 16.1. The smallest absolute Gasteiger partial charge is 0.262 e. The molecule has 6 heteroatoms. The average molecular weight is 377 g/mol. The average Bonchev–Trinajstić information content (AvgIpc) is 3.42. The monoisotopic (exact) mass is 377 g/mol. The minimum Gasteiger partial charge on any atom is -0.310 e. The van der Waals surface area contributed by atoms with E-state index in [1.807, 2.05) is 4.68 Å². The molecule has 146 valence electrons. The highest BCUT2D eigenvalue weighted by Gasteiger charge is 2.33. The van der Waals surface area contributed by atoms with E-state index in [9.17, 15) is 4.79 Å². The molecule has 0 spiro atoms. The fourth-order valence-corrected chi connectivity index (χ4v) is 4.94. The van der Waals surface area contributed by atoms with Crippen molar-refractivity contribution < 1.29 is 0 Å². The molecule has 3 heterocycles. The van der Waals surface area contributed by atoms with E-state index in [-0.39, 0.29) is 11.5 Å². The molecule has 1 aromatic carbocycles. The van der Waals surface area contributed by atoms with Crippen LogP contribution in [0.1, 0.15) is 56.0 Å². The maximum atomic E-state index is 12.7. The second kappa shape index (κ2) is 7.17. The molecule has 0 unspecified atom stereocenters. The fraction of sp³-hybridized carbons (Fsp3) is 0.500. The summed E-state index contributed by atoms with van der Waals surface area (Å²) in [4.78, 5) is 23.2. The van der Waals surface area contributed by atoms with Crippen LogP contribution in [0.15, 0.2) is 41.3 Å². The van der Waals surface area contributed by atoms with E-state index >= 15 is 0 Å². The Hall–Kier alpha value is -2.47. The van der Waals surface area contributed by atoms with Crippen molar-refractivity contribution in [3.05, 3.63) is 58.3 Å². The van der Waals surface area contributed by atoms with Crippen molar-refractivity contribution in [2.24, 2.45) is 5.92 Å². The molecule has 28 heavy (non-hydrogen) atoms. The minimum atomic E-state index is -0.0574. The Morgan fingerprint density at radius 2 is 1.93 bits per heavy atom. The number of fused-ring (bicyclic) bond motifs is 1. The number of aromatic nitrogens is 4. The molecule has 2 aliphatic rings. The van der Waals surface area contributed by atoms with Crippen LogP contribution in [0.3, 0.4) is 0 Å². The standard InChI is InChI=1S/C22H27N5O/c1-15-12-26(13-16-7-3-2-4-8-16)14-19(15)20-24-21-18(22(28)25-20)11-23-27(21)17-9-5-6-10-17/h2-4,7-8,11,15,17,19H,5-6,9-10,12-14H2,1H3,(H,24,25,28)/t15-,19-/m0/s1. The van der Waals surface area contributed by atoms with Gasteiger partial charge >= 0.3 is 0 Å². The Kier molecular flexibility index (Phi) is 4.51. The van der Waals surface area contributed by atoms with Gasteiger partial charge in [0.25, 0.3) is 5.56 Å². The Morgan fingerprint density at radius 3 is 2.71 bits per heavy atom. The molecule has 6 nitrogen and oxygen atoms in total. The molecule has 2 aromatic heterocycles. The van der Waals surface area contributed by atoms with E-state index in [4.69, 9.17) is 4.98 Å². The van der Waals surface area contributed by atoms with Gasteiger partial charge in [0.15, 0.2) is 5.65 Å². The lowest BCUT2D eigenvalue weighted by atomic mass is 9.97. The van der Waals surface area contributed by atoms with Gasteiger partial charge in [-0.05, 0) is 24.3 Å². The molecule has 1 saturated carbocycles. The minimum absolute atomic E-state index is 0.0574. The molecule has 3 aromatic rings. The third kappa shape index (κ3) is 3.15. The molecule has 2 atom stereocenters. The number of nitrogens with one attached hydrogen (secondary N) is 1. The maximum Gasteiger partial charge on any atom is 0.262 e. The van der Waals surface area contributed by atoms with Crippen molar-refractivity contribution >= 4 is 11.0 Å². The lowest BCUT2D eigenvalue weighted by Gasteiger charge is -2.16. The number of likely N-dealkylation sites (tertiary alicyclic amines) is 1. The van der Waals surface area contributed by atoms with Crippen LogP contribution in [-0.4, -0.2) is 37.7 Å². The first-order chi connectivity index (χ1) is 13.7.